The summed E-state index contributed by atoms with van der Waals surface area (Å²) in [6.07, 6.45) is 0. The predicted molar refractivity (Wildman–Crippen MR) is 52.7 cm³/mol. The summed E-state index contributed by atoms with van der Waals surface area (Å²) in [5, 5.41) is 10.8. The highest BCUT2D eigenvalue weighted by atomic mass is 35.5. The maximum atomic E-state index is 11.2. The fourth-order valence-electron chi connectivity index (χ4n) is 0.751. The Morgan fingerprint density at radius 2 is 2.20 bits per heavy atom. The van der Waals surface area contributed by atoms with Crippen molar-refractivity contribution in [3.8, 4) is 6.07 Å². The summed E-state index contributed by atoms with van der Waals surface area (Å²) >= 11 is 5.44. The fraction of sp³-hybridized carbons (Fsp3) is 0.375. The molecule has 6 nitrogen and oxygen atoms in total. The first-order valence-corrected chi connectivity index (χ1v) is 4.53. The monoisotopic (exact) mass is 231 g/mol. The highest BCUT2D eigenvalue weighted by molar-refractivity contribution is 6.20. The van der Waals surface area contributed by atoms with E-state index in [1.165, 1.54) is 0 Å². The summed E-state index contributed by atoms with van der Waals surface area (Å²) in [6.45, 7) is 1.71. The summed E-state index contributed by atoms with van der Waals surface area (Å²) in [4.78, 5) is 21.7. The Bertz CT molecular complexity index is 333. The molecule has 0 saturated heterocycles. The molecule has 0 aromatic rings. The molecule has 0 heterocycles. The molecule has 7 heteroatoms. The van der Waals surface area contributed by atoms with Crippen molar-refractivity contribution in [2.45, 2.75) is 6.92 Å². The zero-order valence-corrected chi connectivity index (χ0v) is 8.80. The second kappa shape index (κ2) is 6.68. The Kier molecular flexibility index (Phi) is 5.90. The largest absolute Gasteiger partial charge is 0.462 e. The van der Waals surface area contributed by atoms with Crippen LogP contribution in [0, 0.1) is 11.3 Å². The van der Waals surface area contributed by atoms with Gasteiger partial charge in [0.15, 0.2) is 5.57 Å². The summed E-state index contributed by atoms with van der Waals surface area (Å²) in [5.74, 6) is -1.06. The number of allylic oxidation sites excluding steroid dienone is 1. The second-order valence-electron chi connectivity index (χ2n) is 2.31. The van der Waals surface area contributed by atoms with E-state index < -0.39 is 12.0 Å². The molecule has 0 atom stereocenters. The van der Waals surface area contributed by atoms with E-state index in [1.807, 2.05) is 0 Å². The second-order valence-corrected chi connectivity index (χ2v) is 2.58. The van der Waals surface area contributed by atoms with Crippen LogP contribution >= 0.6 is 11.6 Å². The van der Waals surface area contributed by atoms with E-state index in [1.54, 1.807) is 13.0 Å². The van der Waals surface area contributed by atoms with Gasteiger partial charge >= 0.3 is 12.0 Å². The van der Waals surface area contributed by atoms with Gasteiger partial charge < -0.3 is 15.8 Å². The minimum atomic E-state index is -0.900. The molecule has 82 valence electrons. The predicted octanol–water partition coefficient (Wildman–Crippen LogP) is 0.234. The molecular weight excluding hydrogens is 222 g/mol. The molecule has 3 N–H and O–H groups in total. The van der Waals surface area contributed by atoms with E-state index in [2.05, 4.69) is 10.1 Å². The number of carbonyl (C=O) groups is 2. The Hall–Kier alpha value is -1.74. The van der Waals surface area contributed by atoms with Crippen molar-refractivity contribution in [3.63, 3.8) is 0 Å². The average molecular weight is 232 g/mol. The van der Waals surface area contributed by atoms with Gasteiger partial charge in [0.1, 0.15) is 6.07 Å². The first-order chi connectivity index (χ1) is 7.06. The summed E-state index contributed by atoms with van der Waals surface area (Å²) in [7, 11) is 0. The van der Waals surface area contributed by atoms with Crippen LogP contribution < -0.4 is 11.1 Å². The van der Waals surface area contributed by atoms with Crippen molar-refractivity contribution >= 4 is 23.6 Å². The molecule has 0 aliphatic rings. The van der Waals surface area contributed by atoms with Gasteiger partial charge in [0.05, 0.1) is 18.2 Å². The van der Waals surface area contributed by atoms with Crippen LogP contribution in [0.15, 0.2) is 11.3 Å². The van der Waals surface area contributed by atoms with E-state index in [0.29, 0.717) is 0 Å². The van der Waals surface area contributed by atoms with Gasteiger partial charge in [-0.1, -0.05) is 0 Å². The number of halogens is 1. The van der Waals surface area contributed by atoms with Crippen molar-refractivity contribution in [2.24, 2.45) is 5.73 Å². The Labute approximate surface area is 91.6 Å². The topological polar surface area (TPSA) is 105 Å². The van der Waals surface area contributed by atoms with E-state index >= 15 is 0 Å². The lowest BCUT2D eigenvalue weighted by Gasteiger charge is -2.06. The molecule has 15 heavy (non-hydrogen) atoms. The molecule has 0 radical (unpaired) electrons. The van der Waals surface area contributed by atoms with Crippen LogP contribution in [-0.2, 0) is 9.53 Å². The van der Waals surface area contributed by atoms with Crippen molar-refractivity contribution in [1.29, 1.82) is 5.26 Å². The van der Waals surface area contributed by atoms with Crippen LogP contribution in [-0.4, -0.2) is 24.5 Å². The average Bonchev–Trinajstić information content (AvgIpc) is 2.17. The quantitative estimate of drug-likeness (QED) is 0.313. The number of urea groups is 1. The van der Waals surface area contributed by atoms with E-state index in [0.717, 1.165) is 0 Å². The van der Waals surface area contributed by atoms with Crippen LogP contribution in [0.3, 0.4) is 0 Å². The minimum Gasteiger partial charge on any atom is -0.462 e. The number of nitriles is 1. The van der Waals surface area contributed by atoms with Gasteiger partial charge in [0.2, 0.25) is 0 Å². The van der Waals surface area contributed by atoms with Crippen LogP contribution in [0.1, 0.15) is 6.92 Å². The number of amides is 2. The molecule has 0 rings (SSSR count). The molecule has 0 fully saturated rings. The van der Waals surface area contributed by atoms with Crippen LogP contribution in [0.4, 0.5) is 4.79 Å². The molecule has 0 bridgehead atoms. The number of esters is 1. The molecule has 0 aliphatic carbocycles. The van der Waals surface area contributed by atoms with E-state index in [9.17, 15) is 9.59 Å². The first kappa shape index (κ1) is 13.3. The molecule has 2 amide bonds. The lowest BCUT2D eigenvalue weighted by molar-refractivity contribution is -0.138. The molecule has 0 aliphatic heterocycles. The number of nitrogens with one attached hydrogen (secondary N) is 1. The molecule has 0 spiro atoms. The van der Waals surface area contributed by atoms with Crippen LogP contribution in [0.2, 0.25) is 0 Å². The van der Waals surface area contributed by atoms with Gasteiger partial charge in [-0.2, -0.15) is 5.26 Å². The number of nitrogens with two attached hydrogens (primary N) is 1. The standard InChI is InChI=1S/C8H10ClN3O3/c1-2-15-7(13)5(4-10)6(3-9)12-8(11)14/h2-3H2,1H3,(H3,11,12,14)/b6-5-. The van der Waals surface area contributed by atoms with Gasteiger partial charge in [-0.05, 0) is 6.92 Å². The Morgan fingerprint density at radius 3 is 2.53 bits per heavy atom. The Morgan fingerprint density at radius 1 is 1.60 bits per heavy atom. The minimum absolute atomic E-state index is 0.0647. The number of carbonyl (C=O) groups excluding carboxylic acids is 2. The molecule has 0 aromatic heterocycles. The third-order valence-electron chi connectivity index (χ3n) is 1.30. The zero-order valence-electron chi connectivity index (χ0n) is 8.04. The number of rotatable bonds is 4. The number of hydrogen-bond donors (Lipinski definition) is 2. The number of primary amides is 1. The number of hydrogen-bond acceptors (Lipinski definition) is 4. The van der Waals surface area contributed by atoms with Crippen molar-refractivity contribution in [2.75, 3.05) is 12.5 Å². The number of nitrogens with zero attached hydrogens (tertiary/aromatic N) is 1. The third-order valence-corrected chi connectivity index (χ3v) is 1.57. The Balaban J connectivity index is 4.99. The zero-order chi connectivity index (χ0) is 11.8. The lowest BCUT2D eigenvalue weighted by atomic mass is 10.2. The fourth-order valence-corrected chi connectivity index (χ4v) is 0.951. The third kappa shape index (κ3) is 4.33. The van der Waals surface area contributed by atoms with Gasteiger partial charge in [-0.3, -0.25) is 0 Å². The molecule has 0 saturated carbocycles. The van der Waals surface area contributed by atoms with Gasteiger partial charge in [0, 0.05) is 0 Å². The highest BCUT2D eigenvalue weighted by Crippen LogP contribution is 2.05. The lowest BCUT2D eigenvalue weighted by Crippen LogP contribution is -2.31. The summed E-state index contributed by atoms with van der Waals surface area (Å²) < 4.78 is 4.59. The normalized spacial score (nSPS) is 11.0. The van der Waals surface area contributed by atoms with E-state index in [-0.39, 0.29) is 23.8 Å². The van der Waals surface area contributed by atoms with E-state index in [4.69, 9.17) is 22.6 Å². The van der Waals surface area contributed by atoms with Crippen LogP contribution in [0.25, 0.3) is 0 Å². The van der Waals surface area contributed by atoms with Crippen molar-refractivity contribution in [1.82, 2.24) is 5.32 Å². The molecule has 0 unspecified atom stereocenters. The maximum absolute atomic E-state index is 11.2. The molecule has 0 aromatic carbocycles. The number of alkyl halides is 1. The molecular formula is C8H10ClN3O3. The van der Waals surface area contributed by atoms with Gasteiger partial charge in [-0.25, -0.2) is 9.59 Å². The summed E-state index contributed by atoms with van der Waals surface area (Å²) in [6, 6.07) is 0.693. The number of ether oxygens (including phenoxy) is 1. The van der Waals surface area contributed by atoms with Crippen molar-refractivity contribution < 1.29 is 14.3 Å². The van der Waals surface area contributed by atoms with Gasteiger partial charge in [0.25, 0.3) is 0 Å². The summed E-state index contributed by atoms with van der Waals surface area (Å²) in [5.41, 5.74) is 4.41. The van der Waals surface area contributed by atoms with Crippen LogP contribution in [0.5, 0.6) is 0 Å². The van der Waals surface area contributed by atoms with Crippen molar-refractivity contribution in [3.05, 3.63) is 11.3 Å². The SMILES string of the molecule is CCOC(=O)/C(C#N)=C(/CCl)NC(N)=O. The maximum Gasteiger partial charge on any atom is 0.350 e. The highest BCUT2D eigenvalue weighted by Gasteiger charge is 2.16. The van der Waals surface area contributed by atoms with Gasteiger partial charge in [-0.15, -0.1) is 11.6 Å². The first-order valence-electron chi connectivity index (χ1n) is 3.99. The smallest absolute Gasteiger partial charge is 0.350 e.